The normalized spacial score (nSPS) is 21.2. The van der Waals surface area contributed by atoms with Gasteiger partial charge >= 0.3 is 6.18 Å². The van der Waals surface area contributed by atoms with Crippen molar-refractivity contribution < 1.29 is 17.9 Å². The maximum Gasteiger partial charge on any atom is 0.416 e. The van der Waals surface area contributed by atoms with Gasteiger partial charge in [0.2, 0.25) is 0 Å². The van der Waals surface area contributed by atoms with Gasteiger partial charge in [-0.1, -0.05) is 57.2 Å². The van der Waals surface area contributed by atoms with Crippen LogP contribution in [0.2, 0.25) is 0 Å². The number of hydrogen-bond donors (Lipinski definition) is 0. The van der Waals surface area contributed by atoms with Gasteiger partial charge in [0.1, 0.15) is 0 Å². The van der Waals surface area contributed by atoms with E-state index in [9.17, 15) is 13.2 Å². The maximum absolute atomic E-state index is 12.7. The molecular weight excluding hydrogens is 337 g/mol. The van der Waals surface area contributed by atoms with Crippen molar-refractivity contribution in [3.63, 3.8) is 0 Å². The Morgan fingerprint density at radius 3 is 1.96 bits per heavy atom. The van der Waals surface area contributed by atoms with Crippen molar-refractivity contribution in [2.45, 2.75) is 63.8 Å². The Labute approximate surface area is 153 Å². The van der Waals surface area contributed by atoms with Crippen molar-refractivity contribution in [3.05, 3.63) is 70.8 Å². The first-order valence-electron chi connectivity index (χ1n) is 9.05. The van der Waals surface area contributed by atoms with Crippen LogP contribution < -0.4 is 0 Å². The van der Waals surface area contributed by atoms with Crippen LogP contribution in [0.4, 0.5) is 13.2 Å². The predicted octanol–water partition coefficient (Wildman–Crippen LogP) is 6.47. The second-order valence-electron chi connectivity index (χ2n) is 8.09. The molecule has 0 bridgehead atoms. The van der Waals surface area contributed by atoms with Crippen molar-refractivity contribution >= 4 is 0 Å². The number of hydrogen-bond acceptors (Lipinski definition) is 1. The molecule has 2 aromatic rings. The van der Waals surface area contributed by atoms with Crippen LogP contribution in [0, 0.1) is 0 Å². The van der Waals surface area contributed by atoms with E-state index in [1.54, 1.807) is 0 Å². The fourth-order valence-electron chi connectivity index (χ4n) is 3.39. The van der Waals surface area contributed by atoms with Crippen LogP contribution in [-0.4, -0.2) is 6.10 Å². The summed E-state index contributed by atoms with van der Waals surface area (Å²) in [5.41, 5.74) is 2.88. The Hall–Kier alpha value is -1.81. The highest BCUT2D eigenvalue weighted by molar-refractivity contribution is 5.29. The minimum atomic E-state index is -4.29. The minimum Gasteiger partial charge on any atom is -0.370 e. The van der Waals surface area contributed by atoms with Crippen LogP contribution in [0.5, 0.6) is 0 Å². The molecule has 1 fully saturated rings. The summed E-state index contributed by atoms with van der Waals surface area (Å²) in [4.78, 5) is 0. The van der Waals surface area contributed by atoms with Gasteiger partial charge in [0, 0.05) is 0 Å². The molecule has 2 aromatic carbocycles. The van der Waals surface area contributed by atoms with Crippen LogP contribution in [0.1, 0.15) is 62.0 Å². The van der Waals surface area contributed by atoms with E-state index in [2.05, 4.69) is 45.0 Å². The van der Waals surface area contributed by atoms with E-state index in [0.29, 0.717) is 0 Å². The molecule has 1 heterocycles. The fourth-order valence-corrected chi connectivity index (χ4v) is 3.39. The van der Waals surface area contributed by atoms with E-state index in [1.807, 2.05) is 0 Å². The van der Waals surface area contributed by atoms with Gasteiger partial charge in [-0.15, -0.1) is 0 Å². The fraction of sp³-hybridized carbons (Fsp3) is 0.455. The molecule has 3 rings (SSSR count). The lowest BCUT2D eigenvalue weighted by atomic mass is 9.86. The van der Waals surface area contributed by atoms with Crippen molar-refractivity contribution in [2.75, 3.05) is 0 Å². The lowest BCUT2D eigenvalue weighted by Gasteiger charge is -2.20. The Bertz CT molecular complexity index is 724. The molecule has 26 heavy (non-hydrogen) atoms. The van der Waals surface area contributed by atoms with Crippen LogP contribution in [0.25, 0.3) is 0 Å². The second kappa shape index (κ2) is 7.07. The molecule has 1 aliphatic rings. The van der Waals surface area contributed by atoms with Gasteiger partial charge in [-0.3, -0.25) is 0 Å². The SMILES string of the molecule is CC(C)(C)c1ccc(C[C@H]2CC[C@H](c3ccc(C(F)(F)F)cc3)O2)cc1. The van der Waals surface area contributed by atoms with E-state index in [-0.39, 0.29) is 17.6 Å². The largest absolute Gasteiger partial charge is 0.416 e. The first kappa shape index (κ1) is 19.0. The number of benzene rings is 2. The summed E-state index contributed by atoms with van der Waals surface area (Å²) in [6.07, 6.45) is -1.69. The minimum absolute atomic E-state index is 0.114. The summed E-state index contributed by atoms with van der Waals surface area (Å²) < 4.78 is 44.1. The molecule has 4 heteroatoms. The number of halogens is 3. The quantitative estimate of drug-likeness (QED) is 0.608. The Morgan fingerprint density at radius 2 is 1.42 bits per heavy atom. The van der Waals surface area contributed by atoms with Gasteiger partial charge in [-0.2, -0.15) is 13.2 Å². The summed E-state index contributed by atoms with van der Waals surface area (Å²) in [5, 5.41) is 0. The summed E-state index contributed by atoms with van der Waals surface area (Å²) in [5.74, 6) is 0. The molecule has 0 aliphatic carbocycles. The van der Waals surface area contributed by atoms with Crippen LogP contribution in [0.15, 0.2) is 48.5 Å². The molecule has 1 aliphatic heterocycles. The van der Waals surface area contributed by atoms with Crippen LogP contribution in [-0.2, 0) is 22.7 Å². The molecule has 0 unspecified atom stereocenters. The van der Waals surface area contributed by atoms with Gasteiger partial charge in [-0.05, 0) is 53.5 Å². The first-order chi connectivity index (χ1) is 12.1. The topological polar surface area (TPSA) is 9.23 Å². The molecule has 0 saturated carbocycles. The summed E-state index contributed by atoms with van der Waals surface area (Å²) in [7, 11) is 0. The van der Waals surface area contributed by atoms with E-state index in [1.165, 1.54) is 23.3 Å². The van der Waals surface area contributed by atoms with Gasteiger partial charge in [-0.25, -0.2) is 0 Å². The third-order valence-corrected chi connectivity index (χ3v) is 5.00. The lowest BCUT2D eigenvalue weighted by Crippen LogP contribution is -2.12. The molecule has 0 spiro atoms. The molecule has 0 amide bonds. The maximum atomic E-state index is 12.7. The van der Waals surface area contributed by atoms with Gasteiger partial charge in [0.05, 0.1) is 17.8 Å². The summed E-state index contributed by atoms with van der Waals surface area (Å²) >= 11 is 0. The Kier molecular flexibility index (Phi) is 5.16. The average molecular weight is 362 g/mol. The number of rotatable bonds is 3. The zero-order valence-electron chi connectivity index (χ0n) is 15.4. The monoisotopic (exact) mass is 362 g/mol. The standard InChI is InChI=1S/C22H25F3O/c1-21(2,3)17-8-4-15(5-9-17)14-19-12-13-20(26-19)16-6-10-18(11-7-16)22(23,24)25/h4-11,19-20H,12-14H2,1-3H3/t19-,20-/m1/s1. The zero-order chi connectivity index (χ0) is 18.9. The van der Waals surface area contributed by atoms with E-state index in [0.717, 1.165) is 37.0 Å². The van der Waals surface area contributed by atoms with E-state index in [4.69, 9.17) is 4.74 Å². The van der Waals surface area contributed by atoms with Gasteiger partial charge < -0.3 is 4.74 Å². The van der Waals surface area contributed by atoms with E-state index >= 15 is 0 Å². The molecular formula is C22H25F3O. The molecule has 0 aromatic heterocycles. The molecule has 2 atom stereocenters. The molecule has 140 valence electrons. The van der Waals surface area contributed by atoms with Gasteiger partial charge in [0.25, 0.3) is 0 Å². The second-order valence-corrected chi connectivity index (χ2v) is 8.09. The third kappa shape index (κ3) is 4.47. The van der Waals surface area contributed by atoms with Crippen molar-refractivity contribution in [1.82, 2.24) is 0 Å². The molecule has 1 nitrogen and oxygen atoms in total. The Balaban J connectivity index is 1.60. The van der Waals surface area contributed by atoms with Gasteiger partial charge in [0.15, 0.2) is 0 Å². The van der Waals surface area contributed by atoms with Crippen molar-refractivity contribution in [2.24, 2.45) is 0 Å². The van der Waals surface area contributed by atoms with Crippen molar-refractivity contribution in [1.29, 1.82) is 0 Å². The summed E-state index contributed by atoms with van der Waals surface area (Å²) in [6, 6.07) is 14.0. The molecule has 0 radical (unpaired) electrons. The number of ether oxygens (including phenoxy) is 1. The zero-order valence-corrected chi connectivity index (χ0v) is 15.4. The lowest BCUT2D eigenvalue weighted by molar-refractivity contribution is -0.137. The van der Waals surface area contributed by atoms with Crippen LogP contribution >= 0.6 is 0 Å². The molecule has 0 N–H and O–H groups in total. The van der Waals surface area contributed by atoms with Crippen molar-refractivity contribution in [3.8, 4) is 0 Å². The summed E-state index contributed by atoms with van der Waals surface area (Å²) in [6.45, 7) is 6.57. The van der Waals surface area contributed by atoms with Crippen LogP contribution in [0.3, 0.4) is 0 Å². The van der Waals surface area contributed by atoms with E-state index < -0.39 is 11.7 Å². The Morgan fingerprint density at radius 1 is 0.846 bits per heavy atom. The average Bonchev–Trinajstić information content (AvgIpc) is 3.02. The first-order valence-corrected chi connectivity index (χ1v) is 9.05. The third-order valence-electron chi connectivity index (χ3n) is 5.00. The highest BCUT2D eigenvalue weighted by Gasteiger charge is 2.31. The smallest absolute Gasteiger partial charge is 0.370 e. The highest BCUT2D eigenvalue weighted by atomic mass is 19.4. The number of alkyl halides is 3. The predicted molar refractivity (Wildman–Crippen MR) is 97.1 cm³/mol. The highest BCUT2D eigenvalue weighted by Crippen LogP contribution is 2.36. The molecule has 1 saturated heterocycles.